The van der Waals surface area contributed by atoms with Gasteiger partial charge in [-0.1, -0.05) is 48.5 Å². The van der Waals surface area contributed by atoms with Crippen molar-refractivity contribution in [3.05, 3.63) is 88.9 Å². The Balaban J connectivity index is 1.30. The summed E-state index contributed by atoms with van der Waals surface area (Å²) < 4.78 is 0. The van der Waals surface area contributed by atoms with Crippen molar-refractivity contribution in [2.75, 3.05) is 24.5 Å². The number of amides is 2. The maximum atomic E-state index is 12.8. The zero-order valence-corrected chi connectivity index (χ0v) is 18.9. The fraction of sp³-hybridized carbons (Fsp3) is 0.333. The van der Waals surface area contributed by atoms with E-state index in [-0.39, 0.29) is 17.7 Å². The third-order valence-electron chi connectivity index (χ3n) is 6.65. The molecule has 2 aliphatic rings. The number of hydrogen-bond donors (Lipinski definition) is 0. The van der Waals surface area contributed by atoms with Gasteiger partial charge in [-0.05, 0) is 43.9 Å². The van der Waals surface area contributed by atoms with E-state index in [1.54, 1.807) is 0 Å². The number of carbonyl (C=O) groups excluding carboxylic acids is 2. The minimum atomic E-state index is 0.0497. The molecule has 1 fully saturated rings. The summed E-state index contributed by atoms with van der Waals surface area (Å²) in [5.74, 6) is 1.75. The Hall–Kier alpha value is -3.54. The second-order valence-electron chi connectivity index (χ2n) is 8.88. The monoisotopic (exact) mass is 440 g/mol. The maximum Gasteiger partial charge on any atom is 0.253 e. The maximum absolute atomic E-state index is 12.8. The van der Waals surface area contributed by atoms with Gasteiger partial charge in [0.2, 0.25) is 5.91 Å². The average Bonchev–Trinajstić information content (AvgIpc) is 3.46. The summed E-state index contributed by atoms with van der Waals surface area (Å²) in [5.41, 5.74) is 3.80. The van der Waals surface area contributed by atoms with Crippen LogP contribution in [0.1, 0.15) is 51.8 Å². The van der Waals surface area contributed by atoms with E-state index >= 15 is 0 Å². The molecule has 0 radical (unpaired) electrons. The SMILES string of the molecule is Cc1nc([C@H]2CCN(C(=O)c3ccccc3)C2)nc2c1CC(=O)N2CCCc1ccccc1. The van der Waals surface area contributed by atoms with Gasteiger partial charge in [-0.15, -0.1) is 0 Å². The summed E-state index contributed by atoms with van der Waals surface area (Å²) in [6, 6.07) is 19.7. The standard InChI is InChI=1S/C27H28N4O2/c1-19-23-17-24(32)31(15-8-11-20-9-4-2-5-10-20)26(23)29-25(28-19)22-14-16-30(18-22)27(33)21-12-6-3-7-13-21/h2-7,9-10,12-13,22H,8,11,14-18H2,1H3/t22-/m0/s1. The molecule has 3 heterocycles. The third kappa shape index (κ3) is 4.38. The minimum Gasteiger partial charge on any atom is -0.338 e. The Labute approximate surface area is 194 Å². The first-order chi connectivity index (χ1) is 16.1. The first-order valence-corrected chi connectivity index (χ1v) is 11.7. The second kappa shape index (κ2) is 9.14. The number of hydrogen-bond acceptors (Lipinski definition) is 4. The zero-order valence-electron chi connectivity index (χ0n) is 18.9. The van der Waals surface area contributed by atoms with E-state index in [2.05, 4.69) is 12.1 Å². The van der Waals surface area contributed by atoms with Crippen LogP contribution in [-0.2, 0) is 17.6 Å². The summed E-state index contributed by atoms with van der Waals surface area (Å²) in [5, 5.41) is 0. The number of anilines is 1. The molecule has 3 aromatic rings. The number of likely N-dealkylation sites (tertiary alicyclic amines) is 1. The molecule has 1 atom stereocenters. The molecule has 6 nitrogen and oxygen atoms in total. The van der Waals surface area contributed by atoms with E-state index in [1.807, 2.05) is 65.3 Å². The number of carbonyl (C=O) groups is 2. The second-order valence-corrected chi connectivity index (χ2v) is 8.88. The first kappa shape index (κ1) is 21.3. The molecule has 0 N–H and O–H groups in total. The smallest absolute Gasteiger partial charge is 0.253 e. The highest BCUT2D eigenvalue weighted by Crippen LogP contribution is 2.33. The molecule has 5 rings (SSSR count). The quantitative estimate of drug-likeness (QED) is 0.582. The predicted molar refractivity (Wildman–Crippen MR) is 127 cm³/mol. The lowest BCUT2D eigenvalue weighted by Gasteiger charge is -2.19. The van der Waals surface area contributed by atoms with E-state index in [0.717, 1.165) is 42.2 Å². The van der Waals surface area contributed by atoms with Crippen LogP contribution in [0.2, 0.25) is 0 Å². The van der Waals surface area contributed by atoms with Crippen LogP contribution >= 0.6 is 0 Å². The molecule has 0 unspecified atom stereocenters. The van der Waals surface area contributed by atoms with Crippen molar-refractivity contribution in [3.8, 4) is 0 Å². The zero-order chi connectivity index (χ0) is 22.8. The Morgan fingerprint density at radius 1 is 1.03 bits per heavy atom. The molecule has 0 aliphatic carbocycles. The van der Waals surface area contributed by atoms with Crippen molar-refractivity contribution >= 4 is 17.6 Å². The van der Waals surface area contributed by atoms with Gasteiger partial charge in [0.25, 0.3) is 5.91 Å². The summed E-state index contributed by atoms with van der Waals surface area (Å²) in [6.45, 7) is 3.91. The molecule has 1 saturated heterocycles. The number of benzene rings is 2. The van der Waals surface area contributed by atoms with Crippen LogP contribution in [0, 0.1) is 6.92 Å². The summed E-state index contributed by atoms with van der Waals surface area (Å²) in [4.78, 5) is 39.0. The van der Waals surface area contributed by atoms with Gasteiger partial charge in [0, 0.05) is 42.4 Å². The largest absolute Gasteiger partial charge is 0.338 e. The van der Waals surface area contributed by atoms with Gasteiger partial charge in [-0.3, -0.25) is 14.5 Å². The fourth-order valence-electron chi connectivity index (χ4n) is 4.82. The lowest BCUT2D eigenvalue weighted by molar-refractivity contribution is -0.117. The van der Waals surface area contributed by atoms with E-state index in [1.165, 1.54) is 5.56 Å². The van der Waals surface area contributed by atoms with Gasteiger partial charge in [0.1, 0.15) is 11.6 Å². The van der Waals surface area contributed by atoms with E-state index < -0.39 is 0 Å². The molecule has 6 heteroatoms. The highest BCUT2D eigenvalue weighted by Gasteiger charge is 2.34. The van der Waals surface area contributed by atoms with Crippen molar-refractivity contribution in [3.63, 3.8) is 0 Å². The van der Waals surface area contributed by atoms with E-state index in [9.17, 15) is 9.59 Å². The highest BCUT2D eigenvalue weighted by molar-refractivity contribution is 6.00. The van der Waals surface area contributed by atoms with Crippen LogP contribution in [0.3, 0.4) is 0 Å². The molecule has 168 valence electrons. The number of rotatable bonds is 6. The van der Waals surface area contributed by atoms with Gasteiger partial charge in [-0.25, -0.2) is 9.97 Å². The molecule has 2 amide bonds. The topological polar surface area (TPSA) is 66.4 Å². The molecular weight excluding hydrogens is 412 g/mol. The average molecular weight is 441 g/mol. The minimum absolute atomic E-state index is 0.0497. The van der Waals surface area contributed by atoms with Gasteiger partial charge in [0.05, 0.1) is 6.42 Å². The Bertz CT molecular complexity index is 1160. The Kier molecular flexibility index (Phi) is 5.90. The van der Waals surface area contributed by atoms with Crippen molar-refractivity contribution in [1.29, 1.82) is 0 Å². The lowest BCUT2D eigenvalue weighted by atomic mass is 10.1. The molecule has 0 spiro atoms. The summed E-state index contributed by atoms with van der Waals surface area (Å²) in [6.07, 6.45) is 3.02. The van der Waals surface area contributed by atoms with E-state index in [4.69, 9.17) is 9.97 Å². The number of aromatic nitrogens is 2. The molecule has 33 heavy (non-hydrogen) atoms. The molecule has 0 saturated carbocycles. The lowest BCUT2D eigenvalue weighted by Crippen LogP contribution is -2.29. The highest BCUT2D eigenvalue weighted by atomic mass is 16.2. The van der Waals surface area contributed by atoms with Gasteiger partial charge in [-0.2, -0.15) is 0 Å². The van der Waals surface area contributed by atoms with Crippen LogP contribution < -0.4 is 4.90 Å². The van der Waals surface area contributed by atoms with Crippen LogP contribution in [0.15, 0.2) is 60.7 Å². The van der Waals surface area contributed by atoms with Crippen LogP contribution in [0.25, 0.3) is 0 Å². The van der Waals surface area contributed by atoms with Crippen molar-refractivity contribution < 1.29 is 9.59 Å². The molecule has 1 aromatic heterocycles. The number of fused-ring (bicyclic) bond motifs is 1. The molecule has 0 bridgehead atoms. The van der Waals surface area contributed by atoms with Crippen LogP contribution in [0.4, 0.5) is 5.82 Å². The number of aryl methyl sites for hydroxylation is 2. The fourth-order valence-corrected chi connectivity index (χ4v) is 4.82. The molecule has 2 aliphatic heterocycles. The summed E-state index contributed by atoms with van der Waals surface area (Å²) >= 11 is 0. The van der Waals surface area contributed by atoms with Crippen molar-refractivity contribution in [2.24, 2.45) is 0 Å². The van der Waals surface area contributed by atoms with Crippen LogP contribution in [0.5, 0.6) is 0 Å². The first-order valence-electron chi connectivity index (χ1n) is 11.7. The van der Waals surface area contributed by atoms with Crippen LogP contribution in [-0.4, -0.2) is 46.3 Å². The van der Waals surface area contributed by atoms with E-state index in [0.29, 0.717) is 31.6 Å². The normalized spacial score (nSPS) is 17.5. The van der Waals surface area contributed by atoms with Crippen molar-refractivity contribution in [2.45, 2.75) is 38.5 Å². The number of nitrogens with zero attached hydrogens (tertiary/aromatic N) is 4. The molecule has 2 aromatic carbocycles. The van der Waals surface area contributed by atoms with Gasteiger partial charge >= 0.3 is 0 Å². The summed E-state index contributed by atoms with van der Waals surface area (Å²) in [7, 11) is 0. The van der Waals surface area contributed by atoms with Gasteiger partial charge < -0.3 is 4.90 Å². The van der Waals surface area contributed by atoms with Gasteiger partial charge in [0.15, 0.2) is 0 Å². The van der Waals surface area contributed by atoms with Crippen molar-refractivity contribution in [1.82, 2.24) is 14.9 Å². The molecular formula is C27H28N4O2. The Morgan fingerprint density at radius 3 is 2.52 bits per heavy atom. The Morgan fingerprint density at radius 2 is 1.76 bits per heavy atom. The third-order valence-corrected chi connectivity index (χ3v) is 6.65. The predicted octanol–water partition coefficient (Wildman–Crippen LogP) is 3.94.